The van der Waals surface area contributed by atoms with Crippen LogP contribution >= 0.6 is 11.6 Å². The third-order valence-corrected chi connectivity index (χ3v) is 2.76. The maximum Gasteiger partial charge on any atom is 0.133 e. The molecule has 0 unspecified atom stereocenters. The fraction of sp³-hybridized carbons (Fsp3) is 0.143. The monoisotopic (exact) mass is 264 g/mol. The molecule has 0 bridgehead atoms. The number of aliphatic hydroxyl groups is 2. The van der Waals surface area contributed by atoms with Gasteiger partial charge in [-0.25, -0.2) is 0 Å². The normalized spacial score (nSPS) is 10.4. The molecule has 0 aliphatic heterocycles. The van der Waals surface area contributed by atoms with E-state index in [4.69, 9.17) is 21.4 Å². The molecule has 0 spiro atoms. The van der Waals surface area contributed by atoms with Crippen molar-refractivity contribution in [2.75, 3.05) is 0 Å². The quantitative estimate of drug-likeness (QED) is 0.892. The first-order valence-corrected chi connectivity index (χ1v) is 5.87. The van der Waals surface area contributed by atoms with Crippen LogP contribution in [-0.4, -0.2) is 10.2 Å². The minimum Gasteiger partial charge on any atom is -0.457 e. The van der Waals surface area contributed by atoms with Gasteiger partial charge in [0.1, 0.15) is 11.5 Å². The lowest BCUT2D eigenvalue weighted by atomic mass is 10.2. The van der Waals surface area contributed by atoms with Gasteiger partial charge in [-0.15, -0.1) is 0 Å². The highest BCUT2D eigenvalue weighted by atomic mass is 35.5. The lowest BCUT2D eigenvalue weighted by Crippen LogP contribution is -1.92. The summed E-state index contributed by atoms with van der Waals surface area (Å²) >= 11 is 5.84. The second-order valence-electron chi connectivity index (χ2n) is 3.81. The number of rotatable bonds is 4. The number of halogens is 1. The van der Waals surface area contributed by atoms with Gasteiger partial charge in [0, 0.05) is 10.6 Å². The van der Waals surface area contributed by atoms with Crippen molar-refractivity contribution in [2.45, 2.75) is 13.2 Å². The zero-order chi connectivity index (χ0) is 13.0. The minimum atomic E-state index is -0.134. The molecule has 2 N–H and O–H groups in total. The van der Waals surface area contributed by atoms with Gasteiger partial charge < -0.3 is 14.9 Å². The van der Waals surface area contributed by atoms with Gasteiger partial charge in [-0.05, 0) is 35.9 Å². The molecule has 0 radical (unpaired) electrons. The summed E-state index contributed by atoms with van der Waals surface area (Å²) in [5.41, 5.74) is 1.45. The number of ether oxygens (including phenoxy) is 1. The molecule has 4 heteroatoms. The van der Waals surface area contributed by atoms with Crippen LogP contribution < -0.4 is 4.74 Å². The molecule has 0 saturated heterocycles. The molecule has 2 rings (SSSR count). The Morgan fingerprint density at radius 3 is 2.28 bits per heavy atom. The standard InChI is InChI=1S/C14H13ClO3/c15-12-3-6-14(11(7-12)9-17)18-13-4-1-10(8-16)2-5-13/h1-7,16-17H,8-9H2. The highest BCUT2D eigenvalue weighted by molar-refractivity contribution is 6.30. The van der Waals surface area contributed by atoms with Crippen molar-refractivity contribution in [1.82, 2.24) is 0 Å². The summed E-state index contributed by atoms with van der Waals surface area (Å²) in [7, 11) is 0. The molecule has 0 aromatic heterocycles. The van der Waals surface area contributed by atoms with Crippen molar-refractivity contribution in [1.29, 1.82) is 0 Å². The Bertz CT molecular complexity index is 523. The average Bonchev–Trinajstić information content (AvgIpc) is 2.41. The summed E-state index contributed by atoms with van der Waals surface area (Å²) in [5, 5.41) is 18.7. The number of benzene rings is 2. The summed E-state index contributed by atoms with van der Waals surface area (Å²) in [6.45, 7) is -0.131. The van der Waals surface area contributed by atoms with Gasteiger partial charge in [-0.2, -0.15) is 0 Å². The molecule has 0 saturated carbocycles. The van der Waals surface area contributed by atoms with Crippen LogP contribution in [0.4, 0.5) is 0 Å². The molecule has 0 heterocycles. The summed E-state index contributed by atoms with van der Waals surface area (Å²) in [5.74, 6) is 1.21. The smallest absolute Gasteiger partial charge is 0.133 e. The number of hydrogen-bond donors (Lipinski definition) is 2. The van der Waals surface area contributed by atoms with Gasteiger partial charge in [0.15, 0.2) is 0 Å². The van der Waals surface area contributed by atoms with E-state index in [0.29, 0.717) is 22.1 Å². The van der Waals surface area contributed by atoms with E-state index in [1.54, 1.807) is 42.5 Å². The van der Waals surface area contributed by atoms with E-state index in [1.807, 2.05) is 0 Å². The summed E-state index contributed by atoms with van der Waals surface area (Å²) in [6.07, 6.45) is 0. The Balaban J connectivity index is 2.22. The molecule has 0 atom stereocenters. The fourth-order valence-electron chi connectivity index (χ4n) is 1.56. The SMILES string of the molecule is OCc1ccc(Oc2ccc(Cl)cc2CO)cc1. The third kappa shape index (κ3) is 3.01. The molecule has 0 fully saturated rings. The summed E-state index contributed by atoms with van der Waals surface area (Å²) in [6, 6.07) is 12.2. The molecular weight excluding hydrogens is 252 g/mol. The topological polar surface area (TPSA) is 49.7 Å². The third-order valence-electron chi connectivity index (χ3n) is 2.53. The van der Waals surface area contributed by atoms with E-state index in [9.17, 15) is 5.11 Å². The highest BCUT2D eigenvalue weighted by Crippen LogP contribution is 2.28. The Hall–Kier alpha value is -1.55. The molecule has 0 amide bonds. The average molecular weight is 265 g/mol. The Morgan fingerprint density at radius 1 is 0.944 bits per heavy atom. The van der Waals surface area contributed by atoms with E-state index in [1.165, 1.54) is 0 Å². The zero-order valence-electron chi connectivity index (χ0n) is 9.64. The predicted molar refractivity (Wildman–Crippen MR) is 69.8 cm³/mol. The highest BCUT2D eigenvalue weighted by Gasteiger charge is 2.05. The van der Waals surface area contributed by atoms with Crippen molar-refractivity contribution in [3.63, 3.8) is 0 Å². The van der Waals surface area contributed by atoms with Gasteiger partial charge in [0.2, 0.25) is 0 Å². The molecular formula is C14H13ClO3. The Kier molecular flexibility index (Phi) is 4.20. The van der Waals surface area contributed by atoms with E-state index < -0.39 is 0 Å². The van der Waals surface area contributed by atoms with Crippen LogP contribution in [0.5, 0.6) is 11.5 Å². The first-order valence-electron chi connectivity index (χ1n) is 5.50. The van der Waals surface area contributed by atoms with Crippen LogP contribution in [0.15, 0.2) is 42.5 Å². The molecule has 3 nitrogen and oxygen atoms in total. The van der Waals surface area contributed by atoms with Gasteiger partial charge >= 0.3 is 0 Å². The van der Waals surface area contributed by atoms with Crippen molar-refractivity contribution < 1.29 is 14.9 Å². The van der Waals surface area contributed by atoms with Gasteiger partial charge in [0.05, 0.1) is 13.2 Å². The second-order valence-corrected chi connectivity index (χ2v) is 4.25. The van der Waals surface area contributed by atoms with Crippen LogP contribution in [0.1, 0.15) is 11.1 Å². The molecule has 18 heavy (non-hydrogen) atoms. The van der Waals surface area contributed by atoms with Crippen molar-refractivity contribution in [2.24, 2.45) is 0 Å². The second kappa shape index (κ2) is 5.87. The Morgan fingerprint density at radius 2 is 1.67 bits per heavy atom. The summed E-state index contributed by atoms with van der Waals surface area (Å²) < 4.78 is 5.65. The maximum absolute atomic E-state index is 9.23. The Labute approximate surface area is 110 Å². The van der Waals surface area contributed by atoms with Gasteiger partial charge in [-0.1, -0.05) is 23.7 Å². The first-order chi connectivity index (χ1) is 8.72. The molecule has 0 aliphatic carbocycles. The minimum absolute atomic E-state index is 0.00309. The van der Waals surface area contributed by atoms with Crippen LogP contribution in [0.3, 0.4) is 0 Å². The number of aliphatic hydroxyl groups excluding tert-OH is 2. The van der Waals surface area contributed by atoms with Crippen LogP contribution in [0.25, 0.3) is 0 Å². The van der Waals surface area contributed by atoms with Gasteiger partial charge in [0.25, 0.3) is 0 Å². The lowest BCUT2D eigenvalue weighted by molar-refractivity contribution is 0.276. The summed E-state index contributed by atoms with van der Waals surface area (Å²) in [4.78, 5) is 0. The molecule has 2 aromatic rings. The van der Waals surface area contributed by atoms with Crippen LogP contribution in [0.2, 0.25) is 5.02 Å². The van der Waals surface area contributed by atoms with E-state index in [-0.39, 0.29) is 13.2 Å². The number of hydrogen-bond acceptors (Lipinski definition) is 3. The van der Waals surface area contributed by atoms with E-state index >= 15 is 0 Å². The van der Waals surface area contributed by atoms with Crippen LogP contribution in [-0.2, 0) is 13.2 Å². The largest absolute Gasteiger partial charge is 0.457 e. The predicted octanol–water partition coefficient (Wildman–Crippen LogP) is 3.12. The maximum atomic E-state index is 9.23. The van der Waals surface area contributed by atoms with Gasteiger partial charge in [-0.3, -0.25) is 0 Å². The molecule has 2 aromatic carbocycles. The first kappa shape index (κ1) is 12.9. The van der Waals surface area contributed by atoms with E-state index in [2.05, 4.69) is 0 Å². The van der Waals surface area contributed by atoms with Crippen LogP contribution in [0, 0.1) is 0 Å². The molecule has 94 valence electrons. The van der Waals surface area contributed by atoms with Crippen molar-refractivity contribution >= 4 is 11.6 Å². The fourth-order valence-corrected chi connectivity index (χ4v) is 1.76. The molecule has 0 aliphatic rings. The van der Waals surface area contributed by atoms with Crippen molar-refractivity contribution in [3.8, 4) is 11.5 Å². The van der Waals surface area contributed by atoms with Crippen molar-refractivity contribution in [3.05, 3.63) is 58.6 Å². The zero-order valence-corrected chi connectivity index (χ0v) is 10.4. The van der Waals surface area contributed by atoms with E-state index in [0.717, 1.165) is 5.56 Å². The lowest BCUT2D eigenvalue weighted by Gasteiger charge is -2.10.